The van der Waals surface area contributed by atoms with Gasteiger partial charge in [-0.05, 0) is 30.4 Å². The number of benzene rings is 1. The van der Waals surface area contributed by atoms with Crippen LogP contribution < -0.4 is 16.4 Å². The Balaban J connectivity index is 1.75. The average molecular weight is 369 g/mol. The molecule has 1 heterocycles. The molecule has 4 N–H and O–H groups in total. The molecule has 1 aromatic carbocycles. The molecule has 6 heteroatoms. The maximum Gasteiger partial charge on any atom is 0.312 e. The monoisotopic (exact) mass is 369 g/mol. The van der Waals surface area contributed by atoms with E-state index in [4.69, 9.17) is 10.2 Å². The van der Waals surface area contributed by atoms with Gasteiger partial charge in [0.25, 0.3) is 0 Å². The van der Waals surface area contributed by atoms with Crippen molar-refractivity contribution in [2.45, 2.75) is 52.1 Å². The Morgan fingerprint density at radius 2 is 2.00 bits per heavy atom. The highest BCUT2D eigenvalue weighted by Gasteiger charge is 2.35. The van der Waals surface area contributed by atoms with Crippen molar-refractivity contribution in [2.24, 2.45) is 11.1 Å². The van der Waals surface area contributed by atoms with Crippen molar-refractivity contribution < 1.29 is 14.0 Å². The first-order valence-corrected chi connectivity index (χ1v) is 9.23. The maximum atomic E-state index is 12.8. The number of fused-ring (bicyclic) bond motifs is 1. The van der Waals surface area contributed by atoms with Crippen molar-refractivity contribution in [3.63, 3.8) is 0 Å². The Kier molecular flexibility index (Phi) is 5.26. The van der Waals surface area contributed by atoms with Crippen molar-refractivity contribution in [1.29, 1.82) is 0 Å². The predicted octanol–water partition coefficient (Wildman–Crippen LogP) is 3.52. The molecular formula is C21H27N3O3. The molecule has 0 spiro atoms. The first-order valence-electron chi connectivity index (χ1n) is 9.23. The van der Waals surface area contributed by atoms with E-state index in [-0.39, 0.29) is 23.8 Å². The number of nitrogens with one attached hydrogen (secondary N) is 2. The summed E-state index contributed by atoms with van der Waals surface area (Å²) in [5, 5.41) is 5.79. The van der Waals surface area contributed by atoms with Gasteiger partial charge in [0.05, 0.1) is 18.5 Å². The zero-order chi connectivity index (χ0) is 19.6. The second kappa shape index (κ2) is 7.47. The summed E-state index contributed by atoms with van der Waals surface area (Å²) in [5.41, 5.74) is 7.24. The first-order chi connectivity index (χ1) is 12.7. The zero-order valence-corrected chi connectivity index (χ0v) is 16.0. The van der Waals surface area contributed by atoms with Crippen molar-refractivity contribution in [3.8, 4) is 0 Å². The van der Waals surface area contributed by atoms with Crippen LogP contribution in [-0.4, -0.2) is 11.9 Å². The lowest BCUT2D eigenvalue weighted by Gasteiger charge is -2.35. The molecule has 2 aromatic rings. The van der Waals surface area contributed by atoms with Gasteiger partial charge in [0, 0.05) is 12.0 Å². The lowest BCUT2D eigenvalue weighted by molar-refractivity contribution is -0.122. The molecule has 0 saturated heterocycles. The molecule has 0 radical (unpaired) electrons. The third-order valence-corrected chi connectivity index (χ3v) is 4.98. The highest BCUT2D eigenvalue weighted by Crippen LogP contribution is 2.42. The average Bonchev–Trinajstić information content (AvgIpc) is 2.93. The minimum absolute atomic E-state index is 0.0412. The number of hydrogen-bond acceptors (Lipinski definition) is 3. The van der Waals surface area contributed by atoms with Gasteiger partial charge < -0.3 is 20.8 Å². The number of carbonyl (C=O) groups is 2. The Labute approximate surface area is 159 Å². The zero-order valence-electron chi connectivity index (χ0n) is 16.0. The molecular weight excluding hydrogens is 342 g/mol. The summed E-state index contributed by atoms with van der Waals surface area (Å²) in [6.07, 6.45) is 1.82. The van der Waals surface area contributed by atoms with Gasteiger partial charge in [0.1, 0.15) is 11.5 Å². The molecule has 0 aliphatic heterocycles. The number of amides is 3. The van der Waals surface area contributed by atoms with Crippen LogP contribution in [0.15, 0.2) is 40.8 Å². The van der Waals surface area contributed by atoms with Gasteiger partial charge in [-0.3, -0.25) is 4.79 Å². The lowest BCUT2D eigenvalue weighted by Crippen LogP contribution is -2.39. The fraction of sp³-hybridized carbons (Fsp3) is 0.429. The molecule has 27 heavy (non-hydrogen) atoms. The standard InChI is InChI=1S/C21H27N3O3/c1-13-9-15-17(11-21(2,3)12-18(15)27-13)23-19(25)10-16(24-20(22)26)14-7-5-4-6-8-14/h4-9,16-17H,10-12H2,1-3H3,(H,23,25)(H3,22,24,26)/t16-,17+/m1/s1. The fourth-order valence-corrected chi connectivity index (χ4v) is 3.86. The highest BCUT2D eigenvalue weighted by atomic mass is 16.3. The van der Waals surface area contributed by atoms with E-state index in [1.54, 1.807) is 0 Å². The number of hydrogen-bond donors (Lipinski definition) is 3. The molecule has 1 aliphatic rings. The van der Waals surface area contributed by atoms with Crippen LogP contribution in [0.4, 0.5) is 4.79 Å². The van der Waals surface area contributed by atoms with Crippen LogP contribution in [0.1, 0.15) is 61.4 Å². The number of carbonyl (C=O) groups excluding carboxylic acids is 2. The molecule has 3 amide bonds. The predicted molar refractivity (Wildman–Crippen MR) is 103 cm³/mol. The molecule has 1 aliphatic carbocycles. The van der Waals surface area contributed by atoms with Crippen LogP contribution in [-0.2, 0) is 11.2 Å². The largest absolute Gasteiger partial charge is 0.466 e. The minimum Gasteiger partial charge on any atom is -0.466 e. The van der Waals surface area contributed by atoms with Gasteiger partial charge >= 0.3 is 6.03 Å². The Bertz CT molecular complexity index is 826. The molecule has 144 valence electrons. The number of furan rings is 1. The topological polar surface area (TPSA) is 97.4 Å². The molecule has 0 unspecified atom stereocenters. The lowest BCUT2D eigenvalue weighted by atomic mass is 9.74. The van der Waals surface area contributed by atoms with Crippen molar-refractivity contribution in [2.75, 3.05) is 0 Å². The molecule has 3 rings (SSSR count). The highest BCUT2D eigenvalue weighted by molar-refractivity contribution is 5.79. The summed E-state index contributed by atoms with van der Waals surface area (Å²) in [6, 6.07) is 10.2. The molecule has 0 bridgehead atoms. The van der Waals surface area contributed by atoms with Crippen LogP contribution in [0.25, 0.3) is 0 Å². The van der Waals surface area contributed by atoms with E-state index in [1.165, 1.54) is 0 Å². The minimum atomic E-state index is -0.650. The Morgan fingerprint density at radius 3 is 2.67 bits per heavy atom. The number of nitrogens with two attached hydrogens (primary N) is 1. The second-order valence-corrected chi connectivity index (χ2v) is 8.08. The Morgan fingerprint density at radius 1 is 1.30 bits per heavy atom. The quantitative estimate of drug-likeness (QED) is 0.752. The molecule has 2 atom stereocenters. The molecule has 6 nitrogen and oxygen atoms in total. The van der Waals surface area contributed by atoms with E-state index in [0.717, 1.165) is 35.5 Å². The summed E-state index contributed by atoms with van der Waals surface area (Å²) >= 11 is 0. The van der Waals surface area contributed by atoms with Gasteiger partial charge in [-0.15, -0.1) is 0 Å². The summed E-state index contributed by atoms with van der Waals surface area (Å²) in [6.45, 7) is 6.27. The number of aryl methyl sites for hydroxylation is 1. The summed E-state index contributed by atoms with van der Waals surface area (Å²) in [5.74, 6) is 1.67. The first kappa shape index (κ1) is 19.0. The van der Waals surface area contributed by atoms with E-state index >= 15 is 0 Å². The Hall–Kier alpha value is -2.76. The molecule has 0 saturated carbocycles. The van der Waals surface area contributed by atoms with Gasteiger partial charge in [0.15, 0.2) is 0 Å². The van der Waals surface area contributed by atoms with Gasteiger partial charge in [-0.2, -0.15) is 0 Å². The van der Waals surface area contributed by atoms with E-state index in [2.05, 4.69) is 24.5 Å². The van der Waals surface area contributed by atoms with E-state index in [0.29, 0.717) is 0 Å². The number of urea groups is 1. The number of primary amides is 1. The fourth-order valence-electron chi connectivity index (χ4n) is 3.86. The van der Waals surface area contributed by atoms with Crippen LogP contribution in [0.3, 0.4) is 0 Å². The van der Waals surface area contributed by atoms with Crippen LogP contribution in [0, 0.1) is 12.3 Å². The summed E-state index contributed by atoms with van der Waals surface area (Å²) in [4.78, 5) is 24.1. The molecule has 1 aromatic heterocycles. The molecule has 0 fully saturated rings. The van der Waals surface area contributed by atoms with Crippen LogP contribution in [0.5, 0.6) is 0 Å². The van der Waals surface area contributed by atoms with Crippen molar-refractivity contribution in [1.82, 2.24) is 10.6 Å². The van der Waals surface area contributed by atoms with Crippen molar-refractivity contribution in [3.05, 3.63) is 59.0 Å². The van der Waals surface area contributed by atoms with Gasteiger partial charge in [-0.25, -0.2) is 4.79 Å². The smallest absolute Gasteiger partial charge is 0.312 e. The summed E-state index contributed by atoms with van der Waals surface area (Å²) < 4.78 is 5.83. The maximum absolute atomic E-state index is 12.8. The normalized spacial score (nSPS) is 19.0. The third kappa shape index (κ3) is 4.70. The van der Waals surface area contributed by atoms with E-state index in [9.17, 15) is 9.59 Å². The van der Waals surface area contributed by atoms with Crippen LogP contribution in [0.2, 0.25) is 0 Å². The second-order valence-electron chi connectivity index (χ2n) is 8.08. The van der Waals surface area contributed by atoms with Gasteiger partial charge in [-0.1, -0.05) is 44.2 Å². The van der Waals surface area contributed by atoms with Crippen LogP contribution >= 0.6 is 0 Å². The third-order valence-electron chi connectivity index (χ3n) is 4.98. The van der Waals surface area contributed by atoms with Crippen molar-refractivity contribution >= 4 is 11.9 Å². The van der Waals surface area contributed by atoms with Gasteiger partial charge in [0.2, 0.25) is 5.91 Å². The summed E-state index contributed by atoms with van der Waals surface area (Å²) in [7, 11) is 0. The number of rotatable bonds is 5. The van der Waals surface area contributed by atoms with E-state index in [1.807, 2.05) is 43.3 Å². The van der Waals surface area contributed by atoms with E-state index < -0.39 is 12.1 Å². The SMILES string of the molecule is Cc1cc2c(o1)CC(C)(C)C[C@@H]2NC(=O)C[C@@H](NC(N)=O)c1ccccc1.